The predicted octanol–water partition coefficient (Wildman–Crippen LogP) is 11.3. The van der Waals surface area contributed by atoms with Gasteiger partial charge in [0.1, 0.15) is 0 Å². The Morgan fingerprint density at radius 2 is 1.05 bits per heavy atom. The van der Waals surface area contributed by atoms with Gasteiger partial charge in [-0.25, -0.2) is 8.42 Å². The van der Waals surface area contributed by atoms with Crippen molar-refractivity contribution in [3.05, 3.63) is 58.7 Å². The van der Waals surface area contributed by atoms with Gasteiger partial charge in [0.25, 0.3) is 5.69 Å². The molecule has 0 bridgehead atoms. The molecule has 0 saturated carbocycles. The van der Waals surface area contributed by atoms with Crippen molar-refractivity contribution in [3.8, 4) is 0 Å². The van der Waals surface area contributed by atoms with Gasteiger partial charge in [-0.3, -0.25) is 10.1 Å². The van der Waals surface area contributed by atoms with Gasteiger partial charge in [-0.05, 0) is 51.0 Å². The molecule has 0 aromatic heterocycles. The molecule has 0 N–H and O–H groups in total. The molecule has 0 heterocycles. The minimum atomic E-state index is -3.93. The summed E-state index contributed by atoms with van der Waals surface area (Å²) in [5, 5.41) is 11.6. The molecule has 0 amide bonds. The Labute approximate surface area is 264 Å². The molecule has 1 rings (SSSR count). The Hall–Kier alpha value is -1.99. The van der Waals surface area contributed by atoms with Gasteiger partial charge in [0.05, 0.1) is 4.92 Å². The first kappa shape index (κ1) is 39.0. The van der Waals surface area contributed by atoms with Crippen molar-refractivity contribution < 1.29 is 13.3 Å². The largest absolute Gasteiger partial charge is 0.289 e. The van der Waals surface area contributed by atoms with Crippen molar-refractivity contribution in [2.45, 2.75) is 160 Å². The number of nitrogens with zero attached hydrogens (tertiary/aromatic N) is 2. The lowest BCUT2D eigenvalue weighted by molar-refractivity contribution is -0.387. The smallest absolute Gasteiger partial charge is 0.258 e. The molecule has 6 nitrogen and oxygen atoms in total. The van der Waals surface area contributed by atoms with E-state index in [2.05, 4.69) is 38.2 Å². The van der Waals surface area contributed by atoms with Crippen LogP contribution in [0.2, 0.25) is 0 Å². The highest BCUT2D eigenvalue weighted by atomic mass is 32.2. The number of sulfonamides is 1. The SMILES string of the molecule is CCCCC/C=C\C/C=C\CCCCCCCCN(CCCCCCCCCCCC)S(=O)(=O)c1ccccc1[N+](=O)[O-]. The zero-order valence-corrected chi connectivity index (χ0v) is 28.3. The Kier molecular flexibility index (Phi) is 24.0. The average Bonchev–Trinajstić information content (AvgIpc) is 3.00. The second kappa shape index (κ2) is 26.4. The summed E-state index contributed by atoms with van der Waals surface area (Å²) in [4.78, 5) is 10.8. The van der Waals surface area contributed by atoms with Crippen LogP contribution in [0.1, 0.15) is 155 Å². The topological polar surface area (TPSA) is 80.5 Å². The van der Waals surface area contributed by atoms with Crippen LogP contribution in [0.4, 0.5) is 5.69 Å². The third-order valence-corrected chi connectivity index (χ3v) is 10.00. The maximum absolute atomic E-state index is 13.6. The van der Waals surface area contributed by atoms with Crippen molar-refractivity contribution >= 4 is 15.7 Å². The number of allylic oxidation sites excluding steroid dienone is 4. The molecule has 0 saturated heterocycles. The van der Waals surface area contributed by atoms with E-state index in [9.17, 15) is 18.5 Å². The number of unbranched alkanes of at least 4 members (excludes halogenated alkanes) is 18. The third kappa shape index (κ3) is 19.1. The number of hydrogen-bond donors (Lipinski definition) is 0. The summed E-state index contributed by atoms with van der Waals surface area (Å²) in [7, 11) is -3.93. The Bertz CT molecular complexity index is 991. The second-order valence-corrected chi connectivity index (χ2v) is 13.8. The number of benzene rings is 1. The third-order valence-electron chi connectivity index (χ3n) is 8.05. The van der Waals surface area contributed by atoms with Crippen molar-refractivity contribution in [1.29, 1.82) is 0 Å². The van der Waals surface area contributed by atoms with E-state index in [0.29, 0.717) is 13.1 Å². The van der Waals surface area contributed by atoms with E-state index in [0.717, 1.165) is 57.8 Å². The van der Waals surface area contributed by atoms with Gasteiger partial charge in [0.15, 0.2) is 4.90 Å². The average molecular weight is 619 g/mol. The zero-order valence-electron chi connectivity index (χ0n) is 27.5. The molecule has 1 aromatic rings. The summed E-state index contributed by atoms with van der Waals surface area (Å²) >= 11 is 0. The highest BCUT2D eigenvalue weighted by molar-refractivity contribution is 7.89. The van der Waals surface area contributed by atoms with E-state index in [1.54, 1.807) is 6.07 Å². The second-order valence-electron chi connectivity index (χ2n) is 11.9. The minimum Gasteiger partial charge on any atom is -0.258 e. The summed E-state index contributed by atoms with van der Waals surface area (Å²) in [5.74, 6) is 0. The lowest BCUT2D eigenvalue weighted by Gasteiger charge is -2.22. The fourth-order valence-corrected chi connectivity index (χ4v) is 7.04. The van der Waals surface area contributed by atoms with Crippen LogP contribution in [0.5, 0.6) is 0 Å². The first-order valence-corrected chi connectivity index (χ1v) is 18.9. The van der Waals surface area contributed by atoms with Crippen molar-refractivity contribution in [3.63, 3.8) is 0 Å². The molecular formula is C36H62N2O4S. The summed E-state index contributed by atoms with van der Waals surface area (Å²) < 4.78 is 28.6. The van der Waals surface area contributed by atoms with E-state index in [4.69, 9.17) is 0 Å². The van der Waals surface area contributed by atoms with Gasteiger partial charge in [-0.1, -0.05) is 147 Å². The molecule has 43 heavy (non-hydrogen) atoms. The summed E-state index contributed by atoms with van der Waals surface area (Å²) in [6, 6.07) is 5.74. The van der Waals surface area contributed by atoms with Crippen molar-refractivity contribution in [1.82, 2.24) is 4.31 Å². The fourth-order valence-electron chi connectivity index (χ4n) is 5.37. The molecule has 0 unspecified atom stereocenters. The van der Waals surface area contributed by atoms with Crippen LogP contribution in [-0.2, 0) is 10.0 Å². The molecule has 0 spiro atoms. The lowest BCUT2D eigenvalue weighted by Crippen LogP contribution is -2.33. The highest BCUT2D eigenvalue weighted by Crippen LogP contribution is 2.27. The number of nitro benzene ring substituents is 1. The molecule has 1 aromatic carbocycles. The minimum absolute atomic E-state index is 0.188. The number of nitro groups is 1. The predicted molar refractivity (Wildman–Crippen MR) is 183 cm³/mol. The monoisotopic (exact) mass is 618 g/mol. The van der Waals surface area contributed by atoms with Crippen LogP contribution in [-0.4, -0.2) is 30.7 Å². The molecule has 0 fully saturated rings. The van der Waals surface area contributed by atoms with Crippen LogP contribution in [0, 0.1) is 10.1 Å². The van der Waals surface area contributed by atoms with Gasteiger partial charge in [0.2, 0.25) is 10.0 Å². The molecule has 0 aliphatic heterocycles. The first-order chi connectivity index (χ1) is 20.9. The summed E-state index contributed by atoms with van der Waals surface area (Å²) in [5.41, 5.74) is -0.340. The number of hydrogen-bond acceptors (Lipinski definition) is 4. The fraction of sp³-hybridized carbons (Fsp3) is 0.722. The van der Waals surface area contributed by atoms with Crippen LogP contribution < -0.4 is 0 Å². The van der Waals surface area contributed by atoms with Crippen LogP contribution >= 0.6 is 0 Å². The maximum Gasteiger partial charge on any atom is 0.289 e. The zero-order chi connectivity index (χ0) is 31.4. The Balaban J connectivity index is 2.43. The standard InChI is InChI=1S/C36H62N2O4S/c1-3-5-7-9-11-13-15-16-17-18-19-20-22-24-26-30-34-37(33-29-25-23-21-14-12-10-8-6-4-2)43(41,42)36-32-28-27-31-35(36)38(39)40/h11,13,16-17,27-28,31-32H,3-10,12,14-15,18-26,29-30,33-34H2,1-2H3/b13-11-,17-16-. The molecule has 7 heteroatoms. The van der Waals surface area contributed by atoms with Gasteiger partial charge in [-0.15, -0.1) is 0 Å². The lowest BCUT2D eigenvalue weighted by atomic mass is 10.1. The highest BCUT2D eigenvalue weighted by Gasteiger charge is 2.30. The van der Waals surface area contributed by atoms with Crippen LogP contribution in [0.15, 0.2) is 53.5 Å². The number of rotatable bonds is 29. The summed E-state index contributed by atoms with van der Waals surface area (Å²) in [6.45, 7) is 5.31. The van der Waals surface area contributed by atoms with E-state index in [-0.39, 0.29) is 10.6 Å². The van der Waals surface area contributed by atoms with Gasteiger partial charge in [0, 0.05) is 19.2 Å². The van der Waals surface area contributed by atoms with Crippen molar-refractivity contribution in [2.24, 2.45) is 0 Å². The van der Waals surface area contributed by atoms with Crippen LogP contribution in [0.3, 0.4) is 0 Å². The van der Waals surface area contributed by atoms with E-state index < -0.39 is 14.9 Å². The maximum atomic E-state index is 13.6. The molecule has 246 valence electrons. The van der Waals surface area contributed by atoms with E-state index in [1.807, 2.05) is 0 Å². The Morgan fingerprint density at radius 1 is 0.628 bits per heavy atom. The molecular weight excluding hydrogens is 556 g/mol. The van der Waals surface area contributed by atoms with E-state index >= 15 is 0 Å². The molecule has 0 atom stereocenters. The van der Waals surface area contributed by atoms with Crippen LogP contribution in [0.25, 0.3) is 0 Å². The molecule has 0 aliphatic carbocycles. The van der Waals surface area contributed by atoms with Crippen molar-refractivity contribution in [2.75, 3.05) is 13.1 Å². The summed E-state index contributed by atoms with van der Waals surface area (Å²) in [6.07, 6.45) is 34.5. The molecule has 0 aliphatic rings. The van der Waals surface area contributed by atoms with E-state index in [1.165, 1.54) is 106 Å². The number of para-hydroxylation sites is 1. The van der Waals surface area contributed by atoms with Gasteiger partial charge < -0.3 is 0 Å². The Morgan fingerprint density at radius 3 is 1.56 bits per heavy atom. The molecule has 0 radical (unpaired) electrons. The quantitative estimate of drug-likeness (QED) is 0.0387. The first-order valence-electron chi connectivity index (χ1n) is 17.5. The van der Waals surface area contributed by atoms with Gasteiger partial charge in [-0.2, -0.15) is 4.31 Å². The normalized spacial score (nSPS) is 12.3. The van der Waals surface area contributed by atoms with Gasteiger partial charge >= 0.3 is 0 Å².